The number of aromatic nitrogens is 1. The molecule has 1 aromatic carbocycles. The van der Waals surface area contributed by atoms with Gasteiger partial charge in [0.05, 0.1) is 16.8 Å². The number of carbonyl (C=O) groups is 2. The highest BCUT2D eigenvalue weighted by atomic mass is 19.2. The van der Waals surface area contributed by atoms with Crippen LogP contribution in [0.2, 0.25) is 0 Å². The van der Waals surface area contributed by atoms with Crippen LogP contribution >= 0.6 is 0 Å². The number of carboxylic acid groups (broad SMARTS) is 1. The SMILES string of the molecule is Cc1cncc(C(=O)Nc2cc(F)c(F)cc2C(=O)O)c1. The number of pyridine rings is 1. The summed E-state index contributed by atoms with van der Waals surface area (Å²) in [6.07, 6.45) is 2.82. The lowest BCUT2D eigenvalue weighted by Gasteiger charge is -2.09. The molecule has 5 nitrogen and oxygen atoms in total. The molecule has 0 aliphatic carbocycles. The molecule has 0 saturated heterocycles. The summed E-state index contributed by atoms with van der Waals surface area (Å²) in [6, 6.07) is 2.67. The number of aromatic carboxylic acids is 1. The minimum absolute atomic E-state index is 0.177. The van der Waals surface area contributed by atoms with Crippen molar-refractivity contribution >= 4 is 17.6 Å². The first-order valence-corrected chi connectivity index (χ1v) is 5.84. The number of hydrogen-bond donors (Lipinski definition) is 2. The smallest absolute Gasteiger partial charge is 0.337 e. The van der Waals surface area contributed by atoms with Crippen molar-refractivity contribution in [3.63, 3.8) is 0 Å². The van der Waals surface area contributed by atoms with Crippen molar-refractivity contribution in [1.82, 2.24) is 4.98 Å². The minimum Gasteiger partial charge on any atom is -0.478 e. The molecule has 1 aromatic heterocycles. The second-order valence-corrected chi connectivity index (χ2v) is 4.32. The van der Waals surface area contributed by atoms with Gasteiger partial charge >= 0.3 is 5.97 Å². The van der Waals surface area contributed by atoms with E-state index in [0.29, 0.717) is 12.1 Å². The van der Waals surface area contributed by atoms with Crippen LogP contribution in [-0.2, 0) is 0 Å². The van der Waals surface area contributed by atoms with Crippen LogP contribution in [0.15, 0.2) is 30.6 Å². The molecule has 0 fully saturated rings. The van der Waals surface area contributed by atoms with Crippen molar-refractivity contribution in [3.8, 4) is 0 Å². The first-order chi connectivity index (χ1) is 9.88. The Morgan fingerprint density at radius 3 is 2.43 bits per heavy atom. The maximum absolute atomic E-state index is 13.2. The first kappa shape index (κ1) is 14.6. The summed E-state index contributed by atoms with van der Waals surface area (Å²) in [5, 5.41) is 11.2. The van der Waals surface area contributed by atoms with Gasteiger partial charge in [-0.25, -0.2) is 13.6 Å². The van der Waals surface area contributed by atoms with Crippen LogP contribution in [0.3, 0.4) is 0 Å². The lowest BCUT2D eigenvalue weighted by Crippen LogP contribution is -2.16. The Hall–Kier alpha value is -2.83. The minimum atomic E-state index is -1.48. The quantitative estimate of drug-likeness (QED) is 0.911. The molecule has 0 radical (unpaired) electrons. The summed E-state index contributed by atoms with van der Waals surface area (Å²) in [5.41, 5.74) is 0.0400. The molecular weight excluding hydrogens is 282 g/mol. The van der Waals surface area contributed by atoms with Gasteiger partial charge in [0, 0.05) is 18.5 Å². The zero-order chi connectivity index (χ0) is 15.6. The number of halogens is 2. The molecule has 0 spiro atoms. The Morgan fingerprint density at radius 1 is 1.14 bits per heavy atom. The van der Waals surface area contributed by atoms with Crippen LogP contribution in [0, 0.1) is 18.6 Å². The first-order valence-electron chi connectivity index (χ1n) is 5.84. The summed E-state index contributed by atoms with van der Waals surface area (Å²) in [6.45, 7) is 1.73. The van der Waals surface area contributed by atoms with Crippen molar-refractivity contribution in [1.29, 1.82) is 0 Å². The summed E-state index contributed by atoms with van der Waals surface area (Å²) in [7, 11) is 0. The third-order valence-corrected chi connectivity index (χ3v) is 2.68. The van der Waals surface area contributed by atoms with E-state index in [4.69, 9.17) is 5.11 Å². The van der Waals surface area contributed by atoms with E-state index < -0.39 is 29.1 Å². The monoisotopic (exact) mass is 292 g/mol. The van der Waals surface area contributed by atoms with Crippen molar-refractivity contribution < 1.29 is 23.5 Å². The van der Waals surface area contributed by atoms with Crippen LogP contribution in [0.5, 0.6) is 0 Å². The number of carboxylic acids is 1. The molecule has 108 valence electrons. The number of amides is 1. The van der Waals surface area contributed by atoms with Crippen molar-refractivity contribution in [2.24, 2.45) is 0 Å². The van der Waals surface area contributed by atoms with E-state index in [-0.39, 0.29) is 11.3 Å². The van der Waals surface area contributed by atoms with Crippen molar-refractivity contribution in [3.05, 3.63) is 58.9 Å². The molecule has 0 bridgehead atoms. The number of hydrogen-bond acceptors (Lipinski definition) is 3. The standard InChI is InChI=1S/C14H10F2N2O3/c1-7-2-8(6-17-5-7)13(19)18-12-4-11(16)10(15)3-9(12)14(20)21/h2-6H,1H3,(H,18,19)(H,20,21). The van der Waals surface area contributed by atoms with E-state index in [0.717, 1.165) is 5.56 Å². The van der Waals surface area contributed by atoms with Crippen LogP contribution in [0.4, 0.5) is 14.5 Å². The maximum atomic E-state index is 13.2. The van der Waals surface area contributed by atoms with Crippen LogP contribution in [-0.4, -0.2) is 22.0 Å². The highest BCUT2D eigenvalue weighted by Crippen LogP contribution is 2.21. The molecule has 1 amide bonds. The predicted octanol–water partition coefficient (Wildman–Crippen LogP) is 2.62. The molecule has 2 N–H and O–H groups in total. The van der Waals surface area contributed by atoms with Gasteiger partial charge in [-0.15, -0.1) is 0 Å². The number of benzene rings is 1. The molecule has 0 atom stereocenters. The lowest BCUT2D eigenvalue weighted by atomic mass is 10.1. The highest BCUT2D eigenvalue weighted by Gasteiger charge is 2.17. The largest absolute Gasteiger partial charge is 0.478 e. The summed E-state index contributed by atoms with van der Waals surface area (Å²) in [4.78, 5) is 26.8. The Bertz CT molecular complexity index is 732. The van der Waals surface area contributed by atoms with E-state index in [2.05, 4.69) is 10.3 Å². The van der Waals surface area contributed by atoms with E-state index in [1.807, 2.05) is 0 Å². The lowest BCUT2D eigenvalue weighted by molar-refractivity contribution is 0.0697. The molecule has 7 heteroatoms. The van der Waals surface area contributed by atoms with Crippen LogP contribution < -0.4 is 5.32 Å². The number of rotatable bonds is 3. The zero-order valence-corrected chi connectivity index (χ0v) is 10.9. The molecule has 0 unspecified atom stereocenters. The summed E-state index contributed by atoms with van der Waals surface area (Å²) < 4.78 is 26.3. The number of carbonyl (C=O) groups excluding carboxylic acids is 1. The van der Waals surface area contributed by atoms with Gasteiger partial charge in [0.1, 0.15) is 0 Å². The van der Waals surface area contributed by atoms with Gasteiger partial charge in [0.2, 0.25) is 0 Å². The van der Waals surface area contributed by atoms with Gasteiger partial charge in [-0.05, 0) is 24.6 Å². The second-order valence-electron chi connectivity index (χ2n) is 4.32. The van der Waals surface area contributed by atoms with Gasteiger partial charge in [-0.2, -0.15) is 0 Å². The normalized spacial score (nSPS) is 10.2. The van der Waals surface area contributed by atoms with E-state index in [1.54, 1.807) is 6.92 Å². The van der Waals surface area contributed by atoms with Crippen LogP contribution in [0.25, 0.3) is 0 Å². The molecule has 0 saturated carbocycles. The third kappa shape index (κ3) is 3.19. The fourth-order valence-electron chi connectivity index (χ4n) is 1.70. The summed E-state index contributed by atoms with van der Waals surface area (Å²) in [5.74, 6) is -4.70. The Kier molecular flexibility index (Phi) is 3.93. The second kappa shape index (κ2) is 5.66. The van der Waals surface area contributed by atoms with E-state index >= 15 is 0 Å². The van der Waals surface area contributed by atoms with Gasteiger partial charge < -0.3 is 10.4 Å². The van der Waals surface area contributed by atoms with Gasteiger partial charge in [-0.1, -0.05) is 0 Å². The van der Waals surface area contributed by atoms with Gasteiger partial charge in [0.25, 0.3) is 5.91 Å². The van der Waals surface area contributed by atoms with Crippen LogP contribution in [0.1, 0.15) is 26.3 Å². The molecule has 1 heterocycles. The fourth-order valence-corrected chi connectivity index (χ4v) is 1.70. The van der Waals surface area contributed by atoms with Crippen molar-refractivity contribution in [2.45, 2.75) is 6.92 Å². The molecule has 2 rings (SSSR count). The Morgan fingerprint density at radius 2 is 1.81 bits per heavy atom. The highest BCUT2D eigenvalue weighted by molar-refractivity contribution is 6.07. The Balaban J connectivity index is 2.37. The molecule has 0 aliphatic heterocycles. The van der Waals surface area contributed by atoms with Crippen molar-refractivity contribution in [2.75, 3.05) is 5.32 Å². The van der Waals surface area contributed by atoms with Gasteiger partial charge in [-0.3, -0.25) is 9.78 Å². The maximum Gasteiger partial charge on any atom is 0.337 e. The predicted molar refractivity (Wildman–Crippen MR) is 70.2 cm³/mol. The molecular formula is C14H10F2N2O3. The number of aryl methyl sites for hydroxylation is 1. The number of anilines is 1. The average molecular weight is 292 g/mol. The average Bonchev–Trinajstić information content (AvgIpc) is 2.42. The topological polar surface area (TPSA) is 79.3 Å². The zero-order valence-electron chi connectivity index (χ0n) is 10.9. The molecule has 2 aromatic rings. The molecule has 21 heavy (non-hydrogen) atoms. The van der Waals surface area contributed by atoms with E-state index in [1.165, 1.54) is 18.5 Å². The fraction of sp³-hybridized carbons (Fsp3) is 0.0714. The van der Waals surface area contributed by atoms with E-state index in [9.17, 15) is 18.4 Å². The number of nitrogens with one attached hydrogen (secondary N) is 1. The van der Waals surface area contributed by atoms with Gasteiger partial charge in [0.15, 0.2) is 11.6 Å². The Labute approximate surface area is 118 Å². The number of nitrogens with zero attached hydrogens (tertiary/aromatic N) is 1. The third-order valence-electron chi connectivity index (χ3n) is 2.68. The molecule has 0 aliphatic rings. The summed E-state index contributed by atoms with van der Waals surface area (Å²) >= 11 is 0.